The molecule has 0 amide bonds. The molecular weight excluding hydrogens is 242 g/mol. The topological polar surface area (TPSA) is 48.4 Å². The Morgan fingerprint density at radius 2 is 2.35 bits per heavy atom. The van der Waals surface area contributed by atoms with E-state index in [2.05, 4.69) is 21.6 Å². The third-order valence-electron chi connectivity index (χ3n) is 1.89. The number of esters is 1. The van der Waals surface area contributed by atoms with E-state index in [-0.39, 0.29) is 5.15 Å². The SMILES string of the molecule is CC#CCCOc1cc(C(=O)OC)cnc1Cl. The minimum Gasteiger partial charge on any atom is -0.489 e. The van der Waals surface area contributed by atoms with Crippen molar-refractivity contribution in [3.05, 3.63) is 23.0 Å². The normalized spacial score (nSPS) is 9.12. The average Bonchev–Trinajstić information content (AvgIpc) is 2.35. The molecule has 1 rings (SSSR count). The fraction of sp³-hybridized carbons (Fsp3) is 0.333. The fourth-order valence-electron chi connectivity index (χ4n) is 1.10. The first-order valence-corrected chi connectivity index (χ1v) is 5.33. The number of nitrogens with zero attached hydrogens (tertiary/aromatic N) is 1. The number of hydrogen-bond donors (Lipinski definition) is 0. The van der Waals surface area contributed by atoms with Gasteiger partial charge in [0.25, 0.3) is 0 Å². The lowest BCUT2D eigenvalue weighted by Gasteiger charge is -2.07. The smallest absolute Gasteiger partial charge is 0.339 e. The van der Waals surface area contributed by atoms with E-state index in [1.807, 2.05) is 0 Å². The highest BCUT2D eigenvalue weighted by atomic mass is 35.5. The third kappa shape index (κ3) is 3.97. The van der Waals surface area contributed by atoms with Gasteiger partial charge in [-0.3, -0.25) is 0 Å². The van der Waals surface area contributed by atoms with E-state index in [1.165, 1.54) is 19.4 Å². The van der Waals surface area contributed by atoms with Crippen LogP contribution in [-0.2, 0) is 4.74 Å². The van der Waals surface area contributed by atoms with Gasteiger partial charge in [-0.2, -0.15) is 0 Å². The molecule has 5 heteroatoms. The van der Waals surface area contributed by atoms with Crippen LogP contribution in [0.25, 0.3) is 0 Å². The molecule has 1 heterocycles. The molecule has 1 aromatic heterocycles. The zero-order valence-corrected chi connectivity index (χ0v) is 10.4. The summed E-state index contributed by atoms with van der Waals surface area (Å²) in [7, 11) is 1.30. The lowest BCUT2D eigenvalue weighted by molar-refractivity contribution is 0.0599. The van der Waals surface area contributed by atoms with Crippen LogP contribution in [0.4, 0.5) is 0 Å². The van der Waals surface area contributed by atoms with E-state index in [0.717, 1.165) is 0 Å². The summed E-state index contributed by atoms with van der Waals surface area (Å²) >= 11 is 5.83. The molecule has 17 heavy (non-hydrogen) atoms. The van der Waals surface area contributed by atoms with Crippen molar-refractivity contribution in [1.29, 1.82) is 0 Å². The predicted octanol–water partition coefficient (Wildman–Crippen LogP) is 2.31. The molecule has 0 spiro atoms. The molecule has 90 valence electrons. The number of carbonyl (C=O) groups is 1. The van der Waals surface area contributed by atoms with Crippen molar-refractivity contribution in [3.8, 4) is 17.6 Å². The van der Waals surface area contributed by atoms with E-state index in [0.29, 0.717) is 24.3 Å². The molecule has 0 radical (unpaired) electrons. The summed E-state index contributed by atoms with van der Waals surface area (Å²) in [5.74, 6) is 5.49. The average molecular weight is 254 g/mol. The number of pyridine rings is 1. The Labute approximate surface area is 105 Å². The molecule has 0 atom stereocenters. The summed E-state index contributed by atoms with van der Waals surface area (Å²) in [4.78, 5) is 15.1. The number of hydrogen-bond acceptors (Lipinski definition) is 4. The van der Waals surface area contributed by atoms with Gasteiger partial charge in [0.05, 0.1) is 19.3 Å². The molecule has 0 aliphatic heterocycles. The number of methoxy groups -OCH3 is 1. The molecule has 0 aliphatic rings. The maximum absolute atomic E-state index is 11.3. The van der Waals surface area contributed by atoms with Gasteiger partial charge in [-0.1, -0.05) is 11.6 Å². The summed E-state index contributed by atoms with van der Waals surface area (Å²) < 4.78 is 9.94. The highest BCUT2D eigenvalue weighted by molar-refractivity contribution is 6.30. The first kappa shape index (κ1) is 13.3. The molecule has 0 N–H and O–H groups in total. The zero-order chi connectivity index (χ0) is 12.7. The van der Waals surface area contributed by atoms with Crippen LogP contribution in [0.5, 0.6) is 5.75 Å². The van der Waals surface area contributed by atoms with E-state index in [4.69, 9.17) is 16.3 Å². The van der Waals surface area contributed by atoms with Crippen molar-refractivity contribution in [2.24, 2.45) is 0 Å². The molecule has 0 unspecified atom stereocenters. The van der Waals surface area contributed by atoms with Gasteiger partial charge in [0.2, 0.25) is 0 Å². The molecule has 0 saturated heterocycles. The van der Waals surface area contributed by atoms with Crippen molar-refractivity contribution in [1.82, 2.24) is 4.98 Å². The second-order valence-corrected chi connectivity index (χ2v) is 3.39. The Morgan fingerprint density at radius 1 is 1.59 bits per heavy atom. The molecule has 0 saturated carbocycles. The van der Waals surface area contributed by atoms with Crippen molar-refractivity contribution in [3.63, 3.8) is 0 Å². The van der Waals surface area contributed by atoms with Crippen LogP contribution in [0, 0.1) is 11.8 Å². The summed E-state index contributed by atoms with van der Waals surface area (Å²) in [5.41, 5.74) is 0.300. The van der Waals surface area contributed by atoms with Crippen LogP contribution in [0.2, 0.25) is 5.15 Å². The molecule has 0 bridgehead atoms. The Morgan fingerprint density at radius 3 is 3.00 bits per heavy atom. The van der Waals surface area contributed by atoms with Gasteiger partial charge >= 0.3 is 5.97 Å². The van der Waals surface area contributed by atoms with E-state index < -0.39 is 5.97 Å². The second kappa shape index (κ2) is 6.77. The van der Waals surface area contributed by atoms with Gasteiger partial charge in [-0.25, -0.2) is 9.78 Å². The first-order valence-electron chi connectivity index (χ1n) is 4.95. The molecule has 0 aliphatic carbocycles. The Hall–Kier alpha value is -1.73. The van der Waals surface area contributed by atoms with E-state index in [9.17, 15) is 4.79 Å². The van der Waals surface area contributed by atoms with Gasteiger partial charge in [-0.15, -0.1) is 11.8 Å². The summed E-state index contributed by atoms with van der Waals surface area (Å²) in [6, 6.07) is 1.50. The van der Waals surface area contributed by atoms with E-state index >= 15 is 0 Å². The third-order valence-corrected chi connectivity index (χ3v) is 2.17. The number of carbonyl (C=O) groups excluding carboxylic acids is 1. The lowest BCUT2D eigenvalue weighted by Crippen LogP contribution is -2.04. The van der Waals surface area contributed by atoms with Crippen LogP contribution in [-0.4, -0.2) is 24.7 Å². The van der Waals surface area contributed by atoms with Gasteiger partial charge < -0.3 is 9.47 Å². The highest BCUT2D eigenvalue weighted by Gasteiger charge is 2.10. The van der Waals surface area contributed by atoms with Crippen molar-refractivity contribution in [2.75, 3.05) is 13.7 Å². The monoisotopic (exact) mass is 253 g/mol. The van der Waals surface area contributed by atoms with E-state index in [1.54, 1.807) is 6.92 Å². The van der Waals surface area contributed by atoms with Crippen LogP contribution >= 0.6 is 11.6 Å². The fourth-order valence-corrected chi connectivity index (χ4v) is 1.25. The molecule has 0 aromatic carbocycles. The van der Waals surface area contributed by atoms with Gasteiger partial charge in [0.1, 0.15) is 0 Å². The Balaban J connectivity index is 2.75. The Kier molecular flexibility index (Phi) is 5.31. The molecule has 0 fully saturated rings. The predicted molar refractivity (Wildman–Crippen MR) is 64.1 cm³/mol. The summed E-state index contributed by atoms with van der Waals surface area (Å²) in [6.45, 7) is 2.15. The van der Waals surface area contributed by atoms with Crippen LogP contribution in [0.15, 0.2) is 12.3 Å². The van der Waals surface area contributed by atoms with Gasteiger partial charge in [0.15, 0.2) is 10.9 Å². The second-order valence-electron chi connectivity index (χ2n) is 3.03. The Bertz CT molecular complexity index is 463. The summed E-state index contributed by atoms with van der Waals surface area (Å²) in [5, 5.41) is 0.210. The van der Waals surface area contributed by atoms with Gasteiger partial charge in [0, 0.05) is 12.6 Å². The van der Waals surface area contributed by atoms with Crippen LogP contribution in [0.3, 0.4) is 0 Å². The maximum atomic E-state index is 11.3. The number of aromatic nitrogens is 1. The zero-order valence-electron chi connectivity index (χ0n) is 9.62. The van der Waals surface area contributed by atoms with Crippen LogP contribution in [0.1, 0.15) is 23.7 Å². The maximum Gasteiger partial charge on any atom is 0.339 e. The molecule has 1 aromatic rings. The van der Waals surface area contributed by atoms with Gasteiger partial charge in [-0.05, 0) is 13.0 Å². The van der Waals surface area contributed by atoms with Crippen molar-refractivity contribution < 1.29 is 14.3 Å². The standard InChI is InChI=1S/C12H12ClNO3/c1-3-4-5-6-17-10-7-9(12(15)16-2)8-14-11(10)13/h7-8H,5-6H2,1-2H3. The van der Waals surface area contributed by atoms with Crippen LogP contribution < -0.4 is 4.74 Å². The number of halogens is 1. The van der Waals surface area contributed by atoms with Crippen molar-refractivity contribution >= 4 is 17.6 Å². The highest BCUT2D eigenvalue weighted by Crippen LogP contribution is 2.23. The number of ether oxygens (including phenoxy) is 2. The largest absolute Gasteiger partial charge is 0.489 e. The number of rotatable bonds is 4. The summed E-state index contributed by atoms with van der Waals surface area (Å²) in [6.07, 6.45) is 1.93. The minimum atomic E-state index is -0.479. The molecular formula is C12H12ClNO3. The molecule has 4 nitrogen and oxygen atoms in total. The quantitative estimate of drug-likeness (QED) is 0.358. The first-order chi connectivity index (χ1) is 8.19. The van der Waals surface area contributed by atoms with Crippen molar-refractivity contribution in [2.45, 2.75) is 13.3 Å². The minimum absolute atomic E-state index is 0.210. The lowest BCUT2D eigenvalue weighted by atomic mass is 10.3.